The second kappa shape index (κ2) is 5.77. The number of carboxylic acids is 1. The van der Waals surface area contributed by atoms with Crippen molar-refractivity contribution in [3.8, 4) is 0 Å². The van der Waals surface area contributed by atoms with Gasteiger partial charge in [-0.25, -0.2) is 0 Å². The van der Waals surface area contributed by atoms with E-state index in [2.05, 4.69) is 10.3 Å². The van der Waals surface area contributed by atoms with Crippen molar-refractivity contribution in [2.45, 2.75) is 37.6 Å². The Morgan fingerprint density at radius 3 is 2.88 bits per heavy atom. The molecule has 1 aromatic rings. The third kappa shape index (κ3) is 3.27. The summed E-state index contributed by atoms with van der Waals surface area (Å²) in [6, 6.07) is 4.09. The molecule has 0 aromatic carbocycles. The number of pyridine rings is 1. The van der Waals surface area contributed by atoms with Crippen molar-refractivity contribution in [1.29, 1.82) is 0 Å². The zero-order valence-corrected chi connectivity index (χ0v) is 9.80. The average molecular weight is 234 g/mol. The topological polar surface area (TPSA) is 62.2 Å². The molecule has 2 N–H and O–H groups in total. The monoisotopic (exact) mass is 234 g/mol. The molecule has 92 valence electrons. The fraction of sp³-hybridized carbons (Fsp3) is 0.538. The molecule has 1 unspecified atom stereocenters. The largest absolute Gasteiger partial charge is 0.481 e. The van der Waals surface area contributed by atoms with E-state index in [0.29, 0.717) is 12.6 Å². The van der Waals surface area contributed by atoms with Crippen molar-refractivity contribution in [3.05, 3.63) is 30.1 Å². The molecule has 1 fully saturated rings. The van der Waals surface area contributed by atoms with Crippen LogP contribution in [0.2, 0.25) is 0 Å². The van der Waals surface area contributed by atoms with Crippen LogP contribution in [-0.4, -0.2) is 28.6 Å². The second-order valence-electron chi connectivity index (χ2n) is 4.57. The lowest BCUT2D eigenvalue weighted by Gasteiger charge is -2.17. The molecule has 0 spiro atoms. The van der Waals surface area contributed by atoms with Gasteiger partial charge in [0.05, 0.1) is 5.92 Å². The first-order valence-electron chi connectivity index (χ1n) is 6.13. The van der Waals surface area contributed by atoms with E-state index in [1.807, 2.05) is 6.07 Å². The molecule has 1 heterocycles. The van der Waals surface area contributed by atoms with Crippen LogP contribution in [0.25, 0.3) is 0 Å². The van der Waals surface area contributed by atoms with Crippen LogP contribution in [0.15, 0.2) is 24.5 Å². The Labute approximate surface area is 101 Å². The molecule has 0 radical (unpaired) electrons. The predicted molar refractivity (Wildman–Crippen MR) is 64.9 cm³/mol. The summed E-state index contributed by atoms with van der Waals surface area (Å²) in [5, 5.41) is 12.6. The van der Waals surface area contributed by atoms with Crippen molar-refractivity contribution >= 4 is 5.97 Å². The average Bonchev–Trinajstić information content (AvgIpc) is 2.83. The van der Waals surface area contributed by atoms with E-state index in [4.69, 9.17) is 0 Å². The van der Waals surface area contributed by atoms with Crippen LogP contribution in [-0.2, 0) is 4.79 Å². The Balaban J connectivity index is 1.95. The fourth-order valence-corrected chi connectivity index (χ4v) is 2.34. The summed E-state index contributed by atoms with van der Waals surface area (Å²) in [5.41, 5.74) is 0.769. The third-order valence-corrected chi connectivity index (χ3v) is 3.35. The number of nitrogens with zero attached hydrogens (tertiary/aromatic N) is 1. The highest BCUT2D eigenvalue weighted by atomic mass is 16.4. The Bertz CT molecular complexity index is 361. The van der Waals surface area contributed by atoms with Crippen molar-refractivity contribution in [2.24, 2.45) is 0 Å². The van der Waals surface area contributed by atoms with Crippen LogP contribution in [0.4, 0.5) is 0 Å². The smallest absolute Gasteiger partial charge is 0.312 e. The van der Waals surface area contributed by atoms with E-state index in [9.17, 15) is 9.90 Å². The minimum atomic E-state index is -0.788. The number of aromatic nitrogens is 1. The van der Waals surface area contributed by atoms with Gasteiger partial charge in [-0.15, -0.1) is 0 Å². The van der Waals surface area contributed by atoms with Crippen molar-refractivity contribution in [2.75, 3.05) is 6.54 Å². The van der Waals surface area contributed by atoms with Gasteiger partial charge in [-0.1, -0.05) is 18.9 Å². The lowest BCUT2D eigenvalue weighted by Crippen LogP contribution is -2.33. The first-order chi connectivity index (χ1) is 8.27. The molecule has 0 saturated heterocycles. The van der Waals surface area contributed by atoms with Gasteiger partial charge < -0.3 is 10.4 Å². The van der Waals surface area contributed by atoms with E-state index in [0.717, 1.165) is 5.56 Å². The minimum absolute atomic E-state index is 0.492. The van der Waals surface area contributed by atoms with Crippen LogP contribution < -0.4 is 5.32 Å². The van der Waals surface area contributed by atoms with Gasteiger partial charge in [0.15, 0.2) is 0 Å². The number of carboxylic acid groups (broad SMARTS) is 1. The number of rotatable bonds is 5. The van der Waals surface area contributed by atoms with Crippen LogP contribution in [0.1, 0.15) is 37.2 Å². The van der Waals surface area contributed by atoms with Crippen LogP contribution in [0, 0.1) is 0 Å². The molecule has 1 aromatic heterocycles. The highest BCUT2D eigenvalue weighted by Gasteiger charge is 2.22. The van der Waals surface area contributed by atoms with Gasteiger partial charge in [-0.2, -0.15) is 0 Å². The zero-order valence-electron chi connectivity index (χ0n) is 9.80. The third-order valence-electron chi connectivity index (χ3n) is 3.35. The lowest BCUT2D eigenvalue weighted by atomic mass is 10.0. The fourth-order valence-electron chi connectivity index (χ4n) is 2.34. The number of aliphatic carboxylic acids is 1. The Morgan fingerprint density at radius 1 is 1.53 bits per heavy atom. The van der Waals surface area contributed by atoms with Crippen molar-refractivity contribution in [1.82, 2.24) is 10.3 Å². The molecular weight excluding hydrogens is 216 g/mol. The summed E-state index contributed by atoms with van der Waals surface area (Å²) in [7, 11) is 0. The molecule has 4 nitrogen and oxygen atoms in total. The summed E-state index contributed by atoms with van der Waals surface area (Å²) >= 11 is 0. The van der Waals surface area contributed by atoms with E-state index in [-0.39, 0.29) is 0 Å². The van der Waals surface area contributed by atoms with Gasteiger partial charge in [0, 0.05) is 25.0 Å². The van der Waals surface area contributed by atoms with Gasteiger partial charge in [0.25, 0.3) is 0 Å². The standard InChI is InChI=1S/C13H18N2O2/c16-13(17)12(10-4-3-7-14-8-10)9-15-11-5-1-2-6-11/h3-4,7-8,11-12,15H,1-2,5-6,9H2,(H,16,17). The van der Waals surface area contributed by atoms with E-state index >= 15 is 0 Å². The maximum atomic E-state index is 11.2. The van der Waals surface area contributed by atoms with Crippen molar-refractivity contribution < 1.29 is 9.90 Å². The highest BCUT2D eigenvalue weighted by Crippen LogP contribution is 2.19. The summed E-state index contributed by atoms with van der Waals surface area (Å²) in [5.74, 6) is -1.28. The van der Waals surface area contributed by atoms with Gasteiger partial charge in [0.1, 0.15) is 0 Å². The summed E-state index contributed by atoms with van der Waals surface area (Å²) in [6.07, 6.45) is 8.13. The van der Waals surface area contributed by atoms with E-state index < -0.39 is 11.9 Å². The second-order valence-corrected chi connectivity index (χ2v) is 4.57. The molecule has 1 aliphatic carbocycles. The van der Waals surface area contributed by atoms with Crippen molar-refractivity contribution in [3.63, 3.8) is 0 Å². The molecule has 1 atom stereocenters. The maximum absolute atomic E-state index is 11.2. The lowest BCUT2D eigenvalue weighted by molar-refractivity contribution is -0.138. The summed E-state index contributed by atoms with van der Waals surface area (Å²) < 4.78 is 0. The SMILES string of the molecule is O=C(O)C(CNC1CCCC1)c1cccnc1. The van der Waals surface area contributed by atoms with E-state index in [1.54, 1.807) is 18.5 Å². The molecule has 1 saturated carbocycles. The summed E-state index contributed by atoms with van der Waals surface area (Å²) in [4.78, 5) is 15.2. The Kier molecular flexibility index (Phi) is 4.09. The normalized spacial score (nSPS) is 18.1. The first kappa shape index (κ1) is 12.0. The predicted octanol–water partition coefficient (Wildman–Crippen LogP) is 1.78. The van der Waals surface area contributed by atoms with Gasteiger partial charge in [-0.3, -0.25) is 9.78 Å². The molecule has 1 aliphatic rings. The van der Waals surface area contributed by atoms with E-state index in [1.165, 1.54) is 25.7 Å². The van der Waals surface area contributed by atoms with Gasteiger partial charge >= 0.3 is 5.97 Å². The maximum Gasteiger partial charge on any atom is 0.312 e. The molecule has 0 aliphatic heterocycles. The molecular formula is C13H18N2O2. The van der Waals surface area contributed by atoms with Crippen LogP contribution in [0.3, 0.4) is 0 Å². The number of hydrogen-bond donors (Lipinski definition) is 2. The molecule has 17 heavy (non-hydrogen) atoms. The van der Waals surface area contributed by atoms with Gasteiger partial charge in [0.2, 0.25) is 0 Å². The Hall–Kier alpha value is -1.42. The minimum Gasteiger partial charge on any atom is -0.481 e. The molecule has 2 rings (SSSR count). The quantitative estimate of drug-likeness (QED) is 0.815. The van der Waals surface area contributed by atoms with Crippen LogP contribution in [0.5, 0.6) is 0 Å². The molecule has 0 amide bonds. The van der Waals surface area contributed by atoms with Gasteiger partial charge in [-0.05, 0) is 24.5 Å². The molecule has 4 heteroatoms. The number of nitrogens with one attached hydrogen (secondary N) is 1. The zero-order chi connectivity index (χ0) is 12.1. The highest BCUT2D eigenvalue weighted by molar-refractivity contribution is 5.76. The van der Waals surface area contributed by atoms with Crippen LogP contribution >= 0.6 is 0 Å². The first-order valence-corrected chi connectivity index (χ1v) is 6.13. The number of hydrogen-bond acceptors (Lipinski definition) is 3. The summed E-state index contributed by atoms with van der Waals surface area (Å²) in [6.45, 7) is 0.492. The molecule has 0 bridgehead atoms. The number of carbonyl (C=O) groups is 1. The Morgan fingerprint density at radius 2 is 2.29 bits per heavy atom.